The Labute approximate surface area is 170 Å². The lowest BCUT2D eigenvalue weighted by Gasteiger charge is -2.31. The Bertz CT molecular complexity index is 1080. The van der Waals surface area contributed by atoms with Crippen molar-refractivity contribution in [2.24, 2.45) is 5.73 Å². The third-order valence-electron chi connectivity index (χ3n) is 5.88. The SMILES string of the molecule is CC(C)n1cnc2c(c1=O)[C@@H](Cc1cccc(-c3ccccc3)c1F)[C@@H](N)CC2. The molecule has 1 aliphatic carbocycles. The Morgan fingerprint density at radius 1 is 1.17 bits per heavy atom. The van der Waals surface area contributed by atoms with Crippen LogP contribution in [-0.2, 0) is 12.8 Å². The van der Waals surface area contributed by atoms with E-state index in [0.717, 1.165) is 17.7 Å². The molecule has 4 rings (SSSR count). The first-order valence-electron chi connectivity index (χ1n) is 10.2. The quantitative estimate of drug-likeness (QED) is 0.724. The molecule has 0 fully saturated rings. The van der Waals surface area contributed by atoms with Crippen LogP contribution in [0.1, 0.15) is 49.0 Å². The molecule has 1 aromatic heterocycles. The summed E-state index contributed by atoms with van der Waals surface area (Å²) in [6.45, 7) is 3.91. The fraction of sp³-hybridized carbons (Fsp3) is 0.333. The van der Waals surface area contributed by atoms with Gasteiger partial charge in [0.1, 0.15) is 5.82 Å². The molecule has 0 saturated carbocycles. The van der Waals surface area contributed by atoms with Crippen LogP contribution in [0.25, 0.3) is 11.1 Å². The number of aromatic nitrogens is 2. The molecule has 0 spiro atoms. The molecule has 4 nitrogen and oxygen atoms in total. The molecule has 0 radical (unpaired) electrons. The van der Waals surface area contributed by atoms with E-state index in [9.17, 15) is 4.79 Å². The maximum absolute atomic E-state index is 15.4. The number of hydrogen-bond acceptors (Lipinski definition) is 3. The second-order valence-corrected chi connectivity index (χ2v) is 8.07. The lowest BCUT2D eigenvalue weighted by molar-refractivity contribution is 0.437. The molecule has 1 aliphatic rings. The summed E-state index contributed by atoms with van der Waals surface area (Å²) in [6.07, 6.45) is 3.44. The zero-order valence-electron chi connectivity index (χ0n) is 16.8. The van der Waals surface area contributed by atoms with E-state index in [1.54, 1.807) is 23.0 Å². The van der Waals surface area contributed by atoms with E-state index in [1.165, 1.54) is 0 Å². The van der Waals surface area contributed by atoms with E-state index in [2.05, 4.69) is 4.98 Å². The predicted octanol–water partition coefficient (Wildman–Crippen LogP) is 4.23. The van der Waals surface area contributed by atoms with Gasteiger partial charge in [-0.15, -0.1) is 0 Å². The van der Waals surface area contributed by atoms with E-state index in [-0.39, 0.29) is 29.4 Å². The lowest BCUT2D eigenvalue weighted by Crippen LogP contribution is -2.41. The summed E-state index contributed by atoms with van der Waals surface area (Å²) in [6, 6.07) is 14.8. The van der Waals surface area contributed by atoms with Crippen molar-refractivity contribution in [3.05, 3.63) is 87.9 Å². The summed E-state index contributed by atoms with van der Waals surface area (Å²) in [7, 11) is 0. The average Bonchev–Trinajstić information content (AvgIpc) is 2.72. The molecule has 2 atom stereocenters. The summed E-state index contributed by atoms with van der Waals surface area (Å²) < 4.78 is 17.0. The van der Waals surface area contributed by atoms with Crippen molar-refractivity contribution in [3.63, 3.8) is 0 Å². The van der Waals surface area contributed by atoms with Crippen LogP contribution in [0.5, 0.6) is 0 Å². The monoisotopic (exact) mass is 391 g/mol. The molecule has 5 heteroatoms. The van der Waals surface area contributed by atoms with Crippen molar-refractivity contribution >= 4 is 0 Å². The van der Waals surface area contributed by atoms with Gasteiger partial charge in [0.15, 0.2) is 0 Å². The average molecular weight is 391 g/mol. The number of hydrogen-bond donors (Lipinski definition) is 1. The van der Waals surface area contributed by atoms with Crippen molar-refractivity contribution in [1.82, 2.24) is 9.55 Å². The highest BCUT2D eigenvalue weighted by Crippen LogP contribution is 2.33. The zero-order chi connectivity index (χ0) is 20.5. The van der Waals surface area contributed by atoms with Crippen molar-refractivity contribution in [3.8, 4) is 11.1 Å². The molecule has 0 aliphatic heterocycles. The van der Waals surface area contributed by atoms with Gasteiger partial charge in [-0.25, -0.2) is 9.37 Å². The normalized spacial score (nSPS) is 18.7. The second kappa shape index (κ2) is 7.91. The molecule has 3 aromatic rings. The molecule has 0 amide bonds. The Hall–Kier alpha value is -2.79. The fourth-order valence-electron chi connectivity index (χ4n) is 4.24. The van der Waals surface area contributed by atoms with E-state index < -0.39 is 0 Å². The highest BCUT2D eigenvalue weighted by molar-refractivity contribution is 5.65. The molecule has 0 saturated heterocycles. The fourth-order valence-corrected chi connectivity index (χ4v) is 4.24. The smallest absolute Gasteiger partial charge is 0.257 e. The first kappa shape index (κ1) is 19.5. The van der Waals surface area contributed by atoms with Gasteiger partial charge in [0, 0.05) is 29.1 Å². The van der Waals surface area contributed by atoms with Crippen LogP contribution in [0, 0.1) is 5.82 Å². The highest BCUT2D eigenvalue weighted by atomic mass is 19.1. The van der Waals surface area contributed by atoms with Gasteiger partial charge in [0.25, 0.3) is 5.56 Å². The first-order valence-corrected chi connectivity index (χ1v) is 10.2. The first-order chi connectivity index (χ1) is 14.0. The summed E-state index contributed by atoms with van der Waals surface area (Å²) in [5, 5.41) is 0. The van der Waals surface area contributed by atoms with E-state index in [1.807, 2.05) is 50.2 Å². The molecule has 2 aromatic carbocycles. The number of aryl methyl sites for hydroxylation is 1. The van der Waals surface area contributed by atoms with Crippen molar-refractivity contribution in [2.75, 3.05) is 0 Å². The van der Waals surface area contributed by atoms with Crippen LogP contribution in [0.2, 0.25) is 0 Å². The number of nitrogens with zero attached hydrogens (tertiary/aromatic N) is 2. The molecule has 0 bridgehead atoms. The topological polar surface area (TPSA) is 60.9 Å². The molecular weight excluding hydrogens is 365 g/mol. The van der Waals surface area contributed by atoms with Crippen LogP contribution < -0.4 is 11.3 Å². The van der Waals surface area contributed by atoms with Crippen LogP contribution in [-0.4, -0.2) is 15.6 Å². The molecule has 0 unspecified atom stereocenters. The van der Waals surface area contributed by atoms with E-state index >= 15 is 4.39 Å². The number of benzene rings is 2. The number of fused-ring (bicyclic) bond motifs is 1. The van der Waals surface area contributed by atoms with Crippen LogP contribution in [0.15, 0.2) is 59.7 Å². The molecule has 150 valence electrons. The van der Waals surface area contributed by atoms with Gasteiger partial charge in [0.05, 0.1) is 12.0 Å². The van der Waals surface area contributed by atoms with Crippen LogP contribution in [0.4, 0.5) is 4.39 Å². The molecule has 1 heterocycles. The standard InChI is InChI=1S/C24H26FN3O/c1-15(2)28-14-27-21-12-11-20(26)19(22(21)24(28)29)13-17-9-6-10-18(23(17)25)16-7-4-3-5-8-16/h3-10,14-15,19-20H,11-13,26H2,1-2H3/t19-,20-/m0/s1. The van der Waals surface area contributed by atoms with Gasteiger partial charge >= 0.3 is 0 Å². The minimum absolute atomic E-state index is 0.0113. The minimum Gasteiger partial charge on any atom is -0.327 e. The van der Waals surface area contributed by atoms with Gasteiger partial charge in [-0.05, 0) is 44.2 Å². The summed E-state index contributed by atoms with van der Waals surface area (Å²) in [4.78, 5) is 17.7. The summed E-state index contributed by atoms with van der Waals surface area (Å²) >= 11 is 0. The number of nitrogens with two attached hydrogens (primary N) is 1. The maximum Gasteiger partial charge on any atom is 0.257 e. The molecular formula is C24H26FN3O. The Morgan fingerprint density at radius 3 is 2.66 bits per heavy atom. The zero-order valence-corrected chi connectivity index (χ0v) is 16.8. The second-order valence-electron chi connectivity index (χ2n) is 8.07. The van der Waals surface area contributed by atoms with Crippen molar-refractivity contribution in [2.45, 2.75) is 51.1 Å². The summed E-state index contributed by atoms with van der Waals surface area (Å²) in [5.74, 6) is -0.489. The maximum atomic E-state index is 15.4. The number of halogens is 1. The lowest BCUT2D eigenvalue weighted by atomic mass is 9.78. The third-order valence-corrected chi connectivity index (χ3v) is 5.88. The predicted molar refractivity (Wildman–Crippen MR) is 113 cm³/mol. The van der Waals surface area contributed by atoms with Gasteiger partial charge in [-0.2, -0.15) is 0 Å². The minimum atomic E-state index is -0.245. The Balaban J connectivity index is 1.77. The van der Waals surface area contributed by atoms with Crippen molar-refractivity contribution in [1.29, 1.82) is 0 Å². The third kappa shape index (κ3) is 3.62. The van der Waals surface area contributed by atoms with Gasteiger partial charge in [-0.1, -0.05) is 48.5 Å². The summed E-state index contributed by atoms with van der Waals surface area (Å²) in [5.41, 5.74) is 9.83. The molecule has 29 heavy (non-hydrogen) atoms. The molecule has 2 N–H and O–H groups in total. The van der Waals surface area contributed by atoms with Crippen molar-refractivity contribution < 1.29 is 4.39 Å². The number of rotatable bonds is 4. The van der Waals surface area contributed by atoms with E-state index in [4.69, 9.17) is 5.73 Å². The van der Waals surface area contributed by atoms with Gasteiger partial charge in [-0.3, -0.25) is 9.36 Å². The highest BCUT2D eigenvalue weighted by Gasteiger charge is 2.32. The Kier molecular flexibility index (Phi) is 5.33. The van der Waals surface area contributed by atoms with E-state index in [0.29, 0.717) is 29.5 Å². The Morgan fingerprint density at radius 2 is 1.93 bits per heavy atom. The van der Waals surface area contributed by atoms with Gasteiger partial charge < -0.3 is 5.73 Å². The van der Waals surface area contributed by atoms with Crippen LogP contribution >= 0.6 is 0 Å². The largest absolute Gasteiger partial charge is 0.327 e. The van der Waals surface area contributed by atoms with Crippen LogP contribution in [0.3, 0.4) is 0 Å². The van der Waals surface area contributed by atoms with Gasteiger partial charge in [0.2, 0.25) is 0 Å².